The zero-order chi connectivity index (χ0) is 9.26. The molecule has 1 N–H and O–H groups in total. The van der Waals surface area contributed by atoms with E-state index in [0.717, 1.165) is 30.7 Å². The van der Waals surface area contributed by atoms with E-state index in [9.17, 15) is 0 Å². The predicted molar refractivity (Wildman–Crippen MR) is 50.0 cm³/mol. The normalized spacial score (nSPS) is 26.3. The minimum Gasteiger partial charge on any atom is -0.310 e. The van der Waals surface area contributed by atoms with Gasteiger partial charge < -0.3 is 5.32 Å². The Kier molecular flexibility index (Phi) is 2.31. The molecule has 0 bridgehead atoms. The molecule has 13 heavy (non-hydrogen) atoms. The molecule has 0 aromatic carbocycles. The smallest absolute Gasteiger partial charge is 0.140 e. The molecule has 1 aliphatic rings. The van der Waals surface area contributed by atoms with Crippen molar-refractivity contribution in [2.45, 2.75) is 19.9 Å². The highest BCUT2D eigenvalue weighted by molar-refractivity contribution is 4.87. The number of nitrogens with one attached hydrogen (secondary N) is 1. The first kappa shape index (κ1) is 8.69. The molecule has 2 rings (SSSR count). The maximum Gasteiger partial charge on any atom is 0.140 e. The molecule has 1 heterocycles. The van der Waals surface area contributed by atoms with Crippen LogP contribution < -0.4 is 5.32 Å². The van der Waals surface area contributed by atoms with Crippen molar-refractivity contribution < 1.29 is 0 Å². The Labute approximate surface area is 78.4 Å². The van der Waals surface area contributed by atoms with E-state index in [2.05, 4.69) is 22.3 Å². The number of aryl methyl sites for hydroxylation is 1. The van der Waals surface area contributed by atoms with Crippen LogP contribution >= 0.6 is 0 Å². The number of rotatable bonds is 4. The minimum absolute atomic E-state index is 0.833. The van der Waals surface area contributed by atoms with E-state index in [4.69, 9.17) is 0 Å². The van der Waals surface area contributed by atoms with Crippen molar-refractivity contribution in [3.63, 3.8) is 0 Å². The molecule has 1 aromatic heterocycles. The summed E-state index contributed by atoms with van der Waals surface area (Å²) in [6, 6.07) is 0. The molecular weight excluding hydrogens is 164 g/mol. The first-order valence-electron chi connectivity index (χ1n) is 4.81. The molecule has 2 unspecified atom stereocenters. The van der Waals surface area contributed by atoms with Crippen LogP contribution in [0.25, 0.3) is 0 Å². The number of nitrogens with zero attached hydrogens (tertiary/aromatic N) is 3. The lowest BCUT2D eigenvalue weighted by Gasteiger charge is -2.02. The van der Waals surface area contributed by atoms with Gasteiger partial charge in [0, 0.05) is 7.05 Å². The van der Waals surface area contributed by atoms with Crippen molar-refractivity contribution in [2.24, 2.45) is 18.9 Å². The Morgan fingerprint density at radius 1 is 1.69 bits per heavy atom. The van der Waals surface area contributed by atoms with Gasteiger partial charge in [-0.15, -0.1) is 0 Å². The van der Waals surface area contributed by atoms with Gasteiger partial charge in [-0.3, -0.25) is 4.68 Å². The Balaban J connectivity index is 1.71. The summed E-state index contributed by atoms with van der Waals surface area (Å²) >= 11 is 0. The molecule has 0 aliphatic heterocycles. The van der Waals surface area contributed by atoms with Crippen molar-refractivity contribution in [3.05, 3.63) is 12.2 Å². The minimum atomic E-state index is 0.833. The Morgan fingerprint density at radius 2 is 2.46 bits per heavy atom. The summed E-state index contributed by atoms with van der Waals surface area (Å²) in [6.45, 7) is 4.25. The maximum atomic E-state index is 4.14. The maximum absolute atomic E-state index is 4.14. The summed E-state index contributed by atoms with van der Waals surface area (Å²) in [7, 11) is 1.92. The summed E-state index contributed by atoms with van der Waals surface area (Å²) in [5.74, 6) is 2.83. The van der Waals surface area contributed by atoms with Crippen LogP contribution in [0.1, 0.15) is 19.2 Å². The monoisotopic (exact) mass is 180 g/mol. The van der Waals surface area contributed by atoms with Gasteiger partial charge in [-0.1, -0.05) is 6.92 Å². The number of hydrogen-bond donors (Lipinski definition) is 1. The number of aromatic nitrogens is 3. The quantitative estimate of drug-likeness (QED) is 0.736. The van der Waals surface area contributed by atoms with E-state index in [1.807, 2.05) is 11.7 Å². The zero-order valence-electron chi connectivity index (χ0n) is 8.20. The second-order valence-electron chi connectivity index (χ2n) is 3.90. The average Bonchev–Trinajstić information content (AvgIpc) is 2.63. The second kappa shape index (κ2) is 3.46. The summed E-state index contributed by atoms with van der Waals surface area (Å²) < 4.78 is 1.81. The van der Waals surface area contributed by atoms with Gasteiger partial charge in [-0.2, -0.15) is 5.10 Å². The van der Waals surface area contributed by atoms with Crippen LogP contribution in [0.4, 0.5) is 0 Å². The summed E-state index contributed by atoms with van der Waals surface area (Å²) in [5.41, 5.74) is 0. The molecule has 0 amide bonds. The van der Waals surface area contributed by atoms with Gasteiger partial charge in [0.1, 0.15) is 12.2 Å². The highest BCUT2D eigenvalue weighted by Crippen LogP contribution is 2.36. The van der Waals surface area contributed by atoms with Gasteiger partial charge in [0.05, 0.1) is 6.54 Å². The molecule has 0 radical (unpaired) electrons. The van der Waals surface area contributed by atoms with Crippen molar-refractivity contribution in [3.8, 4) is 0 Å². The molecule has 0 spiro atoms. The van der Waals surface area contributed by atoms with E-state index in [-0.39, 0.29) is 0 Å². The van der Waals surface area contributed by atoms with Crippen LogP contribution in [0.15, 0.2) is 6.33 Å². The van der Waals surface area contributed by atoms with Crippen molar-refractivity contribution in [1.29, 1.82) is 0 Å². The molecule has 4 nitrogen and oxygen atoms in total. The summed E-state index contributed by atoms with van der Waals surface area (Å²) in [5, 5.41) is 7.41. The van der Waals surface area contributed by atoms with Gasteiger partial charge in [0.15, 0.2) is 0 Å². The van der Waals surface area contributed by atoms with Crippen molar-refractivity contribution in [2.75, 3.05) is 6.54 Å². The topological polar surface area (TPSA) is 42.7 Å². The Hall–Kier alpha value is -0.900. The summed E-state index contributed by atoms with van der Waals surface area (Å²) in [4.78, 5) is 4.14. The zero-order valence-corrected chi connectivity index (χ0v) is 8.20. The Morgan fingerprint density at radius 3 is 3.00 bits per heavy atom. The molecular formula is C9H16N4. The fourth-order valence-corrected chi connectivity index (χ4v) is 1.53. The van der Waals surface area contributed by atoms with Crippen LogP contribution in [0.5, 0.6) is 0 Å². The van der Waals surface area contributed by atoms with Gasteiger partial charge in [-0.05, 0) is 24.8 Å². The van der Waals surface area contributed by atoms with Gasteiger partial charge in [0.25, 0.3) is 0 Å². The van der Waals surface area contributed by atoms with Crippen LogP contribution in [-0.2, 0) is 13.6 Å². The van der Waals surface area contributed by atoms with Gasteiger partial charge in [0.2, 0.25) is 0 Å². The highest BCUT2D eigenvalue weighted by Gasteiger charge is 2.31. The lowest BCUT2D eigenvalue weighted by atomic mass is 10.3. The van der Waals surface area contributed by atoms with Crippen molar-refractivity contribution >= 4 is 0 Å². The van der Waals surface area contributed by atoms with E-state index in [1.54, 1.807) is 6.33 Å². The lowest BCUT2D eigenvalue weighted by Crippen LogP contribution is -2.19. The first-order valence-corrected chi connectivity index (χ1v) is 4.81. The van der Waals surface area contributed by atoms with Gasteiger partial charge >= 0.3 is 0 Å². The Bertz CT molecular complexity index is 281. The molecule has 4 heteroatoms. The van der Waals surface area contributed by atoms with Crippen molar-refractivity contribution in [1.82, 2.24) is 20.1 Å². The molecule has 0 saturated heterocycles. The molecule has 1 aromatic rings. The number of hydrogen-bond acceptors (Lipinski definition) is 3. The third-order valence-corrected chi connectivity index (χ3v) is 2.77. The molecule has 72 valence electrons. The third kappa shape index (κ3) is 2.06. The fourth-order valence-electron chi connectivity index (χ4n) is 1.53. The summed E-state index contributed by atoms with van der Waals surface area (Å²) in [6.07, 6.45) is 2.97. The standard InChI is InChI=1S/C9H16N4/c1-7-3-8(7)4-10-5-9-11-6-12-13(9)2/h6-8,10H,3-5H2,1-2H3. The van der Waals surface area contributed by atoms with E-state index in [1.165, 1.54) is 6.42 Å². The van der Waals surface area contributed by atoms with E-state index in [0.29, 0.717) is 0 Å². The molecule has 1 fully saturated rings. The lowest BCUT2D eigenvalue weighted by molar-refractivity contribution is 0.574. The van der Waals surface area contributed by atoms with Gasteiger partial charge in [-0.25, -0.2) is 4.98 Å². The van der Waals surface area contributed by atoms with Crippen LogP contribution in [-0.4, -0.2) is 21.3 Å². The fraction of sp³-hybridized carbons (Fsp3) is 0.778. The van der Waals surface area contributed by atoms with Crippen LogP contribution in [0.2, 0.25) is 0 Å². The van der Waals surface area contributed by atoms with Crippen LogP contribution in [0.3, 0.4) is 0 Å². The molecule has 1 saturated carbocycles. The van der Waals surface area contributed by atoms with Crippen LogP contribution in [0, 0.1) is 11.8 Å². The predicted octanol–water partition coefficient (Wildman–Crippen LogP) is 0.561. The largest absolute Gasteiger partial charge is 0.310 e. The SMILES string of the molecule is CC1CC1CNCc1ncnn1C. The molecule has 1 aliphatic carbocycles. The second-order valence-corrected chi connectivity index (χ2v) is 3.90. The van der Waals surface area contributed by atoms with E-state index < -0.39 is 0 Å². The highest BCUT2D eigenvalue weighted by atomic mass is 15.3. The van der Waals surface area contributed by atoms with E-state index >= 15 is 0 Å². The first-order chi connectivity index (χ1) is 6.27. The molecule has 2 atom stereocenters. The average molecular weight is 180 g/mol. The third-order valence-electron chi connectivity index (χ3n) is 2.77.